The fraction of sp³-hybridized carbons (Fsp3) is 0.714. The average molecular weight is 346 g/mol. The molecule has 2 N–H and O–H groups in total. The van der Waals surface area contributed by atoms with Gasteiger partial charge in [0.1, 0.15) is 0 Å². The monoisotopic (exact) mass is 345 g/mol. The average Bonchev–Trinajstić information content (AvgIpc) is 2.68. The van der Waals surface area contributed by atoms with Gasteiger partial charge in [-0.1, -0.05) is 0 Å². The molecule has 0 amide bonds. The summed E-state index contributed by atoms with van der Waals surface area (Å²) >= 11 is 5.29. The highest BCUT2D eigenvalue weighted by molar-refractivity contribution is 9.11. The number of rotatable bonds is 4. The van der Waals surface area contributed by atoms with E-state index in [4.69, 9.17) is 5.73 Å². The molecule has 108 valence electrons. The fourth-order valence-corrected chi connectivity index (χ4v) is 4.13. The van der Waals surface area contributed by atoms with E-state index in [1.807, 2.05) is 0 Å². The van der Waals surface area contributed by atoms with Crippen LogP contribution in [0, 0.1) is 0 Å². The van der Waals surface area contributed by atoms with Gasteiger partial charge < -0.3 is 10.6 Å². The molecule has 0 spiro atoms. The standard InChI is InChI=1S/C14H24BrN3S/c1-17-6-3-4-14(11-16,5-7-17)18(2)9-12-8-13(15)19-10-12/h8,10H,3-7,9,11,16H2,1-2H3. The molecule has 0 aliphatic carbocycles. The quantitative estimate of drug-likeness (QED) is 0.910. The summed E-state index contributed by atoms with van der Waals surface area (Å²) in [6.45, 7) is 4.08. The molecule has 1 aromatic heterocycles. The molecular formula is C14H24BrN3S. The molecule has 1 unspecified atom stereocenters. The molecule has 2 rings (SSSR count). The summed E-state index contributed by atoms with van der Waals surface area (Å²) in [4.78, 5) is 4.90. The van der Waals surface area contributed by atoms with Gasteiger partial charge in [-0.3, -0.25) is 4.90 Å². The lowest BCUT2D eigenvalue weighted by molar-refractivity contribution is 0.100. The van der Waals surface area contributed by atoms with E-state index in [1.165, 1.54) is 35.2 Å². The molecular weight excluding hydrogens is 322 g/mol. The summed E-state index contributed by atoms with van der Waals surface area (Å²) < 4.78 is 1.21. The van der Waals surface area contributed by atoms with E-state index in [1.54, 1.807) is 11.3 Å². The Morgan fingerprint density at radius 2 is 2.26 bits per heavy atom. The van der Waals surface area contributed by atoms with E-state index >= 15 is 0 Å². The summed E-state index contributed by atoms with van der Waals surface area (Å²) in [7, 11) is 4.44. The van der Waals surface area contributed by atoms with Crippen LogP contribution in [0.4, 0.5) is 0 Å². The molecule has 0 bridgehead atoms. The van der Waals surface area contributed by atoms with Gasteiger partial charge >= 0.3 is 0 Å². The van der Waals surface area contributed by atoms with Gasteiger partial charge in [-0.2, -0.15) is 0 Å². The van der Waals surface area contributed by atoms with Gasteiger partial charge in [0.25, 0.3) is 0 Å². The third-order valence-electron chi connectivity index (χ3n) is 4.37. The molecule has 0 radical (unpaired) electrons. The van der Waals surface area contributed by atoms with Crippen molar-refractivity contribution in [2.24, 2.45) is 5.73 Å². The van der Waals surface area contributed by atoms with Gasteiger partial charge in [0.2, 0.25) is 0 Å². The van der Waals surface area contributed by atoms with Crippen molar-refractivity contribution in [3.05, 3.63) is 20.8 Å². The van der Waals surface area contributed by atoms with Crippen LogP contribution in [0.25, 0.3) is 0 Å². The fourth-order valence-electron chi connectivity index (χ4n) is 2.93. The largest absolute Gasteiger partial charge is 0.329 e. The van der Waals surface area contributed by atoms with Gasteiger partial charge in [0, 0.05) is 18.6 Å². The number of nitrogens with zero attached hydrogens (tertiary/aromatic N) is 2. The maximum Gasteiger partial charge on any atom is 0.0701 e. The number of thiophene rings is 1. The van der Waals surface area contributed by atoms with E-state index < -0.39 is 0 Å². The lowest BCUT2D eigenvalue weighted by Gasteiger charge is -2.40. The zero-order chi connectivity index (χ0) is 13.9. The van der Waals surface area contributed by atoms with Crippen molar-refractivity contribution >= 4 is 27.3 Å². The van der Waals surface area contributed by atoms with Crippen LogP contribution >= 0.6 is 27.3 Å². The first-order valence-electron chi connectivity index (χ1n) is 6.88. The van der Waals surface area contributed by atoms with E-state index in [0.29, 0.717) is 0 Å². The second kappa shape index (κ2) is 6.68. The predicted molar refractivity (Wildman–Crippen MR) is 86.6 cm³/mol. The molecule has 1 atom stereocenters. The molecule has 5 heteroatoms. The smallest absolute Gasteiger partial charge is 0.0701 e. The maximum atomic E-state index is 6.15. The Labute approximate surface area is 128 Å². The minimum absolute atomic E-state index is 0.166. The lowest BCUT2D eigenvalue weighted by Crippen LogP contribution is -2.52. The summed E-state index contributed by atoms with van der Waals surface area (Å²) in [6.07, 6.45) is 3.61. The maximum absolute atomic E-state index is 6.15. The number of hydrogen-bond donors (Lipinski definition) is 1. The molecule has 1 aliphatic rings. The van der Waals surface area contributed by atoms with Gasteiger partial charge in [-0.25, -0.2) is 0 Å². The Morgan fingerprint density at radius 1 is 1.47 bits per heavy atom. The van der Waals surface area contributed by atoms with Crippen LogP contribution in [0.15, 0.2) is 15.2 Å². The Bertz CT molecular complexity index is 409. The van der Waals surface area contributed by atoms with Crippen molar-refractivity contribution in [2.45, 2.75) is 31.3 Å². The Hall–Kier alpha value is 0.0600. The van der Waals surface area contributed by atoms with Crippen LogP contribution < -0.4 is 5.73 Å². The SMILES string of the molecule is CN1CCCC(CN)(N(C)Cc2csc(Br)c2)CC1. The third kappa shape index (κ3) is 3.79. The molecule has 1 saturated heterocycles. The van der Waals surface area contributed by atoms with Crippen molar-refractivity contribution in [3.63, 3.8) is 0 Å². The third-order valence-corrected chi connectivity index (χ3v) is 5.93. The van der Waals surface area contributed by atoms with Crippen LogP contribution in [0.2, 0.25) is 0 Å². The second-order valence-electron chi connectivity index (χ2n) is 5.70. The van der Waals surface area contributed by atoms with Crippen molar-refractivity contribution in [1.82, 2.24) is 9.80 Å². The number of likely N-dealkylation sites (N-methyl/N-ethyl adjacent to an activating group) is 1. The van der Waals surface area contributed by atoms with Crippen LogP contribution in [0.1, 0.15) is 24.8 Å². The van der Waals surface area contributed by atoms with Crippen LogP contribution in [0.5, 0.6) is 0 Å². The van der Waals surface area contributed by atoms with Gasteiger partial charge in [-0.05, 0) is 79.4 Å². The van der Waals surface area contributed by atoms with Crippen molar-refractivity contribution in [2.75, 3.05) is 33.7 Å². The minimum Gasteiger partial charge on any atom is -0.329 e. The lowest BCUT2D eigenvalue weighted by atomic mass is 9.88. The molecule has 0 saturated carbocycles. The van der Waals surface area contributed by atoms with Crippen LogP contribution in [-0.4, -0.2) is 49.1 Å². The van der Waals surface area contributed by atoms with Crippen LogP contribution in [0.3, 0.4) is 0 Å². The van der Waals surface area contributed by atoms with E-state index in [0.717, 1.165) is 19.6 Å². The van der Waals surface area contributed by atoms with E-state index in [2.05, 4.69) is 51.3 Å². The summed E-state index contributed by atoms with van der Waals surface area (Å²) in [5.41, 5.74) is 7.69. The Morgan fingerprint density at radius 3 is 2.89 bits per heavy atom. The van der Waals surface area contributed by atoms with Gasteiger partial charge in [0.15, 0.2) is 0 Å². The summed E-state index contributed by atoms with van der Waals surface area (Å²) in [5.74, 6) is 0. The first-order chi connectivity index (χ1) is 9.05. The van der Waals surface area contributed by atoms with Crippen LogP contribution in [-0.2, 0) is 6.54 Å². The highest BCUT2D eigenvalue weighted by atomic mass is 79.9. The number of hydrogen-bond acceptors (Lipinski definition) is 4. The number of nitrogens with two attached hydrogens (primary N) is 1. The second-order valence-corrected chi connectivity index (χ2v) is 7.99. The zero-order valence-corrected chi connectivity index (χ0v) is 14.3. The van der Waals surface area contributed by atoms with E-state index in [-0.39, 0.29) is 5.54 Å². The van der Waals surface area contributed by atoms with Crippen molar-refractivity contribution < 1.29 is 0 Å². The molecule has 1 fully saturated rings. The minimum atomic E-state index is 0.166. The molecule has 2 heterocycles. The molecule has 1 aromatic rings. The normalized spacial score (nSPS) is 25.7. The Kier molecular flexibility index (Phi) is 5.43. The van der Waals surface area contributed by atoms with Crippen molar-refractivity contribution in [1.29, 1.82) is 0 Å². The summed E-state index contributed by atoms with van der Waals surface area (Å²) in [6, 6.07) is 2.22. The predicted octanol–water partition coefficient (Wildman–Crippen LogP) is 2.76. The first-order valence-corrected chi connectivity index (χ1v) is 8.56. The highest BCUT2D eigenvalue weighted by Gasteiger charge is 2.34. The van der Waals surface area contributed by atoms with Gasteiger partial charge in [0.05, 0.1) is 3.79 Å². The molecule has 0 aromatic carbocycles. The summed E-state index contributed by atoms with van der Waals surface area (Å²) in [5, 5.41) is 2.23. The number of likely N-dealkylation sites (tertiary alicyclic amines) is 1. The first kappa shape index (κ1) is 15.4. The zero-order valence-electron chi connectivity index (χ0n) is 11.9. The highest BCUT2D eigenvalue weighted by Crippen LogP contribution is 2.29. The topological polar surface area (TPSA) is 32.5 Å². The number of halogens is 1. The Balaban J connectivity index is 2.06. The molecule has 19 heavy (non-hydrogen) atoms. The van der Waals surface area contributed by atoms with E-state index in [9.17, 15) is 0 Å². The molecule has 1 aliphatic heterocycles. The molecule has 3 nitrogen and oxygen atoms in total. The van der Waals surface area contributed by atoms with Gasteiger partial charge in [-0.15, -0.1) is 11.3 Å². The van der Waals surface area contributed by atoms with Crippen molar-refractivity contribution in [3.8, 4) is 0 Å².